The summed E-state index contributed by atoms with van der Waals surface area (Å²) in [6, 6.07) is 0. The van der Waals surface area contributed by atoms with E-state index in [0.29, 0.717) is 0 Å². The second-order valence-electron chi connectivity index (χ2n) is 9.36. The van der Waals surface area contributed by atoms with E-state index in [2.05, 4.69) is 58.9 Å². The second-order valence-corrected chi connectivity index (χ2v) is 46.8. The summed E-state index contributed by atoms with van der Waals surface area (Å²) in [5.41, 5.74) is 0. The van der Waals surface area contributed by atoms with Crippen LogP contribution in [-0.4, -0.2) is 41.5 Å². The van der Waals surface area contributed by atoms with Crippen LogP contribution in [0.3, 0.4) is 0 Å². The van der Waals surface area contributed by atoms with E-state index in [4.69, 9.17) is 8.92 Å². The van der Waals surface area contributed by atoms with Crippen molar-refractivity contribution in [2.24, 2.45) is 0 Å². The zero-order valence-corrected chi connectivity index (χ0v) is 20.1. The predicted octanol–water partition coefficient (Wildman–Crippen LogP) is 5.80. The zero-order chi connectivity index (χ0) is 14.1. The van der Waals surface area contributed by atoms with Gasteiger partial charge < -0.3 is 0 Å². The third-order valence-corrected chi connectivity index (χ3v) is 59.2. The Morgan fingerprint density at radius 3 is 0.882 bits per heavy atom. The fourth-order valence-electron chi connectivity index (χ4n) is 3.04. The topological polar surface area (TPSA) is 0 Å². The number of halogens is 1. The molecule has 0 aliphatic carbocycles. The zero-order valence-electron chi connectivity index (χ0n) is 13.5. The van der Waals surface area contributed by atoms with Crippen molar-refractivity contribution >= 4 is 50.4 Å². The van der Waals surface area contributed by atoms with Crippen LogP contribution in [0.5, 0.6) is 0 Å². The van der Waals surface area contributed by atoms with Crippen molar-refractivity contribution in [3.05, 3.63) is 0 Å². The quantitative estimate of drug-likeness (QED) is 0.481. The van der Waals surface area contributed by atoms with Crippen LogP contribution in [-0.2, 0) is 0 Å². The van der Waals surface area contributed by atoms with E-state index in [-0.39, 0.29) is 0 Å². The summed E-state index contributed by atoms with van der Waals surface area (Å²) in [5.74, 6) is 0. The summed E-state index contributed by atoms with van der Waals surface area (Å²) in [6.45, 7) is 22.6. The molecule has 0 bridgehead atoms. The van der Waals surface area contributed by atoms with Crippen molar-refractivity contribution in [3.8, 4) is 0 Å². The molecule has 0 spiro atoms. The van der Waals surface area contributed by atoms with Gasteiger partial charge in [0.25, 0.3) is 0 Å². The van der Waals surface area contributed by atoms with Crippen LogP contribution >= 0.6 is 8.92 Å². The van der Waals surface area contributed by atoms with E-state index in [9.17, 15) is 0 Å². The minimum absolute atomic E-state index is 0.986. The third-order valence-electron chi connectivity index (χ3n) is 2.54. The molecule has 17 heavy (non-hydrogen) atoms. The molecule has 104 valence electrons. The molecule has 0 aromatic heterocycles. The summed E-state index contributed by atoms with van der Waals surface area (Å²) >= 11 is -2.32. The number of hydrogen-bond acceptors (Lipinski definition) is 0. The molecule has 0 nitrogen and oxygen atoms in total. The van der Waals surface area contributed by atoms with Crippen LogP contribution in [0.1, 0.15) is 0 Å². The molecule has 0 aromatic rings. The maximum absolute atomic E-state index is 7.31. The normalized spacial score (nSPS) is 15.2. The van der Waals surface area contributed by atoms with Gasteiger partial charge >= 0.3 is 121 Å². The molecular weight excluding hydrogens is 383 g/mol. The molecule has 0 unspecified atom stereocenters. The van der Waals surface area contributed by atoms with E-state index in [0.717, 1.165) is 0 Å². The van der Waals surface area contributed by atoms with Crippen molar-refractivity contribution in [3.63, 3.8) is 0 Å². The van der Waals surface area contributed by atoms with Gasteiger partial charge in [-0.2, -0.15) is 0 Å². The van der Waals surface area contributed by atoms with Gasteiger partial charge in [-0.05, 0) is 0 Å². The van der Waals surface area contributed by atoms with Gasteiger partial charge in [0, 0.05) is 0 Å². The van der Waals surface area contributed by atoms with Gasteiger partial charge in [-0.15, -0.1) is 0 Å². The van der Waals surface area contributed by atoms with Crippen LogP contribution in [0, 0.1) is 0 Å². The van der Waals surface area contributed by atoms with Gasteiger partial charge in [0.1, 0.15) is 0 Å². The van der Waals surface area contributed by atoms with Gasteiger partial charge in [-0.1, -0.05) is 0 Å². The van der Waals surface area contributed by atoms with E-state index in [1.165, 1.54) is 12.2 Å². The molecule has 0 aliphatic rings. The van der Waals surface area contributed by atoms with Crippen LogP contribution < -0.4 is 0 Å². The molecule has 0 heterocycles. The van der Waals surface area contributed by atoms with Gasteiger partial charge in [0.15, 0.2) is 0 Å². The van der Waals surface area contributed by atoms with Gasteiger partial charge in [-0.3, -0.25) is 0 Å². The first-order valence-electron chi connectivity index (χ1n) is 6.81. The minimum atomic E-state index is -2.32. The Hall–Kier alpha value is 1.74. The summed E-state index contributed by atoms with van der Waals surface area (Å²) in [7, 11) is 4.35. The van der Waals surface area contributed by atoms with E-state index in [1.807, 2.05) is 0 Å². The van der Waals surface area contributed by atoms with E-state index in [1.54, 1.807) is 0 Å². The van der Waals surface area contributed by atoms with Crippen molar-refractivity contribution in [1.29, 1.82) is 0 Å². The summed E-state index contributed by atoms with van der Waals surface area (Å²) in [4.78, 5) is 0. The van der Waals surface area contributed by atoms with E-state index >= 15 is 0 Å². The number of rotatable bonds is 6. The predicted molar refractivity (Wildman–Crippen MR) is 96.1 cm³/mol. The average molecular weight is 416 g/mol. The fourth-order valence-corrected chi connectivity index (χ4v) is 92.9. The molecule has 0 aliphatic heterocycles. The summed E-state index contributed by atoms with van der Waals surface area (Å²) in [6.07, 6.45) is 0. The molecule has 0 aromatic carbocycles. The standard InChI is InChI=1S/3C4H11Si.ClH.Sn/c3*1-5(2,3)4;;/h3*1H2,2-4H3;1H;/q;;;;+1/p-1. The first-order valence-corrected chi connectivity index (χ1v) is 27.6. The summed E-state index contributed by atoms with van der Waals surface area (Å²) < 4.78 is 4.49. The maximum atomic E-state index is 7.31. The second kappa shape index (κ2) is 6.02. The number of hydrogen-bond donors (Lipinski definition) is 0. The van der Waals surface area contributed by atoms with Crippen LogP contribution in [0.25, 0.3) is 0 Å². The van der Waals surface area contributed by atoms with Crippen molar-refractivity contribution in [2.45, 2.75) is 71.1 Å². The van der Waals surface area contributed by atoms with Crippen molar-refractivity contribution < 1.29 is 0 Å². The van der Waals surface area contributed by atoms with Gasteiger partial charge in [0.05, 0.1) is 0 Å². The Kier molecular flexibility index (Phi) is 6.63. The SMILES string of the molecule is C[Si](C)(C)[CH2][Sn]([Cl])([CH2][Si](C)(C)C)[CH2][Si](C)(C)C. The monoisotopic (exact) mass is 416 g/mol. The molecule has 0 radical (unpaired) electrons. The average Bonchev–Trinajstić information content (AvgIpc) is 1.65. The fraction of sp³-hybridized carbons (Fsp3) is 1.00. The summed E-state index contributed by atoms with van der Waals surface area (Å²) in [5, 5.41) is 0. The third kappa shape index (κ3) is 11.3. The van der Waals surface area contributed by atoms with Gasteiger partial charge in [-0.25, -0.2) is 0 Å². The first-order chi connectivity index (χ1) is 7.12. The Balaban J connectivity index is 4.95. The van der Waals surface area contributed by atoms with E-state index < -0.39 is 41.5 Å². The molecule has 0 N–H and O–H groups in total. The Bertz CT molecular complexity index is 207. The Morgan fingerprint density at radius 1 is 0.588 bits per heavy atom. The molecular formula is C12H33ClSi3Sn. The molecule has 0 amide bonds. The first kappa shape index (κ1) is 18.7. The van der Waals surface area contributed by atoms with Crippen LogP contribution in [0.15, 0.2) is 0 Å². The van der Waals surface area contributed by atoms with Crippen molar-refractivity contribution in [2.75, 3.05) is 0 Å². The van der Waals surface area contributed by atoms with Crippen molar-refractivity contribution in [1.82, 2.24) is 0 Å². The molecule has 0 saturated carbocycles. The van der Waals surface area contributed by atoms with Crippen LogP contribution in [0.4, 0.5) is 0 Å². The molecule has 0 fully saturated rings. The Labute approximate surface area is 121 Å². The molecule has 5 heteroatoms. The molecule has 0 atom stereocenters. The Morgan fingerprint density at radius 2 is 0.765 bits per heavy atom. The van der Waals surface area contributed by atoms with Gasteiger partial charge in [0.2, 0.25) is 0 Å². The molecule has 0 saturated heterocycles. The molecule has 0 rings (SSSR count). The van der Waals surface area contributed by atoms with Crippen LogP contribution in [0.2, 0.25) is 71.1 Å².